The minimum Gasteiger partial charge on any atom is -1.00 e. The number of nitrogens with zero attached hydrogens (tertiary/aromatic N) is 1. The van der Waals surface area contributed by atoms with Gasteiger partial charge in [-0.15, -0.1) is 6.42 Å². The number of likely N-dealkylation sites (N-methyl/N-ethyl adjacent to an activating group) is 1. The summed E-state index contributed by atoms with van der Waals surface area (Å²) in [6, 6.07) is 8.53. The summed E-state index contributed by atoms with van der Waals surface area (Å²) in [6.07, 6.45) is 7.24. The van der Waals surface area contributed by atoms with Gasteiger partial charge in [0.25, 0.3) is 0 Å². The maximum atomic E-state index is 9.67. The standard InChI is InChI=1S/C13H14N.BF3.FH/c1-3-6-13-12-8-5-4-7-11(12)9-10-14(13)2;2-1(3)4;/h1,4-5,7-8H,6,9-10H2,2H3;;1H/q+1;;/p-1. The van der Waals surface area contributed by atoms with Gasteiger partial charge in [-0.1, -0.05) is 24.1 Å². The van der Waals surface area contributed by atoms with Crippen LogP contribution in [0.4, 0.5) is 12.9 Å². The van der Waals surface area contributed by atoms with E-state index in [-0.39, 0.29) is 4.70 Å². The predicted octanol–water partition coefficient (Wildman–Crippen LogP) is -0.419. The molecule has 0 aliphatic carbocycles. The first-order valence-electron chi connectivity index (χ1n) is 5.57. The van der Waals surface area contributed by atoms with Gasteiger partial charge in [-0.05, 0) is 11.6 Å². The Morgan fingerprint density at radius 1 is 1.32 bits per heavy atom. The minimum absolute atomic E-state index is 0. The van der Waals surface area contributed by atoms with Gasteiger partial charge in [-0.2, -0.15) is 0 Å². The van der Waals surface area contributed by atoms with Crippen LogP contribution in [0.5, 0.6) is 0 Å². The van der Waals surface area contributed by atoms with Crippen molar-refractivity contribution >= 4 is 13.3 Å². The highest BCUT2D eigenvalue weighted by molar-refractivity contribution is 6.33. The van der Waals surface area contributed by atoms with Crippen LogP contribution in [0.3, 0.4) is 0 Å². The van der Waals surface area contributed by atoms with E-state index in [9.17, 15) is 12.9 Å². The van der Waals surface area contributed by atoms with E-state index in [1.807, 2.05) is 0 Å². The molecule has 1 aromatic rings. The summed E-state index contributed by atoms with van der Waals surface area (Å²) in [5.74, 6) is 2.73. The minimum atomic E-state index is -3.67. The van der Waals surface area contributed by atoms with E-state index in [1.165, 1.54) is 16.8 Å². The molecular weight excluding hydrogens is 257 g/mol. The molecule has 0 saturated carbocycles. The van der Waals surface area contributed by atoms with Crippen molar-refractivity contribution in [1.82, 2.24) is 0 Å². The molecule has 0 amide bonds. The molecule has 1 aliphatic heterocycles. The maximum absolute atomic E-state index is 9.67. The lowest BCUT2D eigenvalue weighted by molar-refractivity contribution is -0.498. The van der Waals surface area contributed by atoms with E-state index < -0.39 is 7.54 Å². The fraction of sp³-hybridized carbons (Fsp3) is 0.308. The van der Waals surface area contributed by atoms with Gasteiger partial charge in [0.15, 0.2) is 5.71 Å². The average molecular weight is 271 g/mol. The topological polar surface area (TPSA) is 3.01 Å². The van der Waals surface area contributed by atoms with Crippen LogP contribution in [0.15, 0.2) is 24.3 Å². The van der Waals surface area contributed by atoms with Gasteiger partial charge in [0.2, 0.25) is 0 Å². The quantitative estimate of drug-likeness (QED) is 0.282. The van der Waals surface area contributed by atoms with Crippen LogP contribution in [0.2, 0.25) is 0 Å². The molecule has 1 nitrogen and oxygen atoms in total. The summed E-state index contributed by atoms with van der Waals surface area (Å²) in [6.45, 7) is 1.08. The van der Waals surface area contributed by atoms with Gasteiger partial charge in [0.05, 0.1) is 6.42 Å². The number of halogens is 4. The Kier molecular flexibility index (Phi) is 7.58. The third-order valence-corrected chi connectivity index (χ3v) is 2.78. The van der Waals surface area contributed by atoms with Crippen molar-refractivity contribution < 1.29 is 22.2 Å². The third kappa shape index (κ3) is 5.17. The van der Waals surface area contributed by atoms with Gasteiger partial charge < -0.3 is 4.70 Å². The number of terminal acetylenes is 1. The number of rotatable bonds is 1. The van der Waals surface area contributed by atoms with Gasteiger partial charge in [-0.3, -0.25) is 12.9 Å². The molecule has 1 aliphatic rings. The van der Waals surface area contributed by atoms with Crippen LogP contribution in [0, 0.1) is 12.3 Å². The van der Waals surface area contributed by atoms with Crippen LogP contribution in [0.1, 0.15) is 17.5 Å². The molecule has 0 N–H and O–H groups in total. The summed E-state index contributed by atoms with van der Waals surface area (Å²) in [5.41, 5.74) is 4.05. The summed E-state index contributed by atoms with van der Waals surface area (Å²) in [5, 5.41) is 0. The van der Waals surface area contributed by atoms with Crippen molar-refractivity contribution in [1.29, 1.82) is 0 Å². The van der Waals surface area contributed by atoms with E-state index in [0.29, 0.717) is 0 Å². The molecule has 0 bridgehead atoms. The highest BCUT2D eigenvalue weighted by Crippen LogP contribution is 2.16. The normalized spacial score (nSPS) is 12.4. The fourth-order valence-corrected chi connectivity index (χ4v) is 1.98. The second-order valence-corrected chi connectivity index (χ2v) is 3.90. The van der Waals surface area contributed by atoms with Crippen LogP contribution in [-0.4, -0.2) is 31.4 Å². The number of hydrogen-bond donors (Lipinski definition) is 0. The molecule has 0 fully saturated rings. The average Bonchev–Trinajstić information content (AvgIpc) is 2.32. The number of benzene rings is 1. The second kappa shape index (κ2) is 8.36. The smallest absolute Gasteiger partial charge is 0.762 e. The Morgan fingerprint density at radius 3 is 2.47 bits per heavy atom. The Balaban J connectivity index is 0.000000576. The number of fused-ring (bicyclic) bond motifs is 1. The summed E-state index contributed by atoms with van der Waals surface area (Å²) >= 11 is 0. The predicted molar refractivity (Wildman–Crippen MR) is 67.8 cm³/mol. The van der Waals surface area contributed by atoms with E-state index in [2.05, 4.69) is 41.8 Å². The lowest BCUT2D eigenvalue weighted by Crippen LogP contribution is -3.00. The molecule has 1 aromatic carbocycles. The summed E-state index contributed by atoms with van der Waals surface area (Å²) < 4.78 is 31.3. The van der Waals surface area contributed by atoms with Crippen molar-refractivity contribution in [2.45, 2.75) is 12.8 Å². The first-order valence-corrected chi connectivity index (χ1v) is 5.57. The van der Waals surface area contributed by atoms with E-state index in [1.54, 1.807) is 0 Å². The monoisotopic (exact) mass is 271 g/mol. The van der Waals surface area contributed by atoms with Crippen molar-refractivity contribution in [3.8, 4) is 12.3 Å². The van der Waals surface area contributed by atoms with E-state index >= 15 is 0 Å². The Bertz CT molecular complexity index is 477. The van der Waals surface area contributed by atoms with Crippen LogP contribution < -0.4 is 4.70 Å². The SMILES string of the molecule is C#CCC1=[N+](C)CCc2ccccc21.FB(F)F.[F-]. The van der Waals surface area contributed by atoms with Gasteiger partial charge in [0, 0.05) is 12.0 Å². The van der Waals surface area contributed by atoms with Crippen molar-refractivity contribution in [2.24, 2.45) is 0 Å². The molecule has 102 valence electrons. The molecule has 0 unspecified atom stereocenters. The molecule has 0 radical (unpaired) electrons. The molecule has 6 heteroatoms. The molecular formula is C13H14BF4N. The molecule has 0 spiro atoms. The largest absolute Gasteiger partial charge is 1.00 e. The van der Waals surface area contributed by atoms with Crippen molar-refractivity contribution in [3.05, 3.63) is 35.4 Å². The van der Waals surface area contributed by atoms with Crippen molar-refractivity contribution in [2.75, 3.05) is 13.6 Å². The molecule has 0 saturated heterocycles. The molecule has 0 atom stereocenters. The Labute approximate surface area is 110 Å². The zero-order valence-corrected chi connectivity index (χ0v) is 10.5. The van der Waals surface area contributed by atoms with Crippen molar-refractivity contribution in [3.63, 3.8) is 0 Å². The van der Waals surface area contributed by atoms with E-state index in [4.69, 9.17) is 6.42 Å². The second-order valence-electron chi connectivity index (χ2n) is 3.90. The fourth-order valence-electron chi connectivity index (χ4n) is 1.98. The highest BCUT2D eigenvalue weighted by atomic mass is 19.4. The lowest BCUT2D eigenvalue weighted by atomic mass is 9.95. The molecule has 2 rings (SSSR count). The first-order chi connectivity index (χ1) is 8.56. The summed E-state index contributed by atoms with van der Waals surface area (Å²) in [7, 11) is -1.55. The summed E-state index contributed by atoms with van der Waals surface area (Å²) in [4.78, 5) is 0. The Morgan fingerprint density at radius 2 is 1.89 bits per heavy atom. The highest BCUT2D eigenvalue weighted by Gasteiger charge is 2.21. The van der Waals surface area contributed by atoms with Gasteiger partial charge in [-0.25, -0.2) is 4.58 Å². The maximum Gasteiger partial charge on any atom is 0.762 e. The van der Waals surface area contributed by atoms with Gasteiger partial charge >= 0.3 is 7.54 Å². The molecule has 1 heterocycles. The molecule has 19 heavy (non-hydrogen) atoms. The van der Waals surface area contributed by atoms with Crippen LogP contribution in [0.25, 0.3) is 0 Å². The molecule has 0 aromatic heterocycles. The zero-order valence-electron chi connectivity index (χ0n) is 10.5. The van der Waals surface area contributed by atoms with Crippen LogP contribution in [-0.2, 0) is 6.42 Å². The first kappa shape index (κ1) is 17.2. The van der Waals surface area contributed by atoms with E-state index in [0.717, 1.165) is 19.4 Å². The Hall–Kier alpha value is -1.77. The number of hydrogen-bond acceptors (Lipinski definition) is 0. The lowest BCUT2D eigenvalue weighted by Gasteiger charge is -2.14. The zero-order chi connectivity index (χ0) is 13.5. The van der Waals surface area contributed by atoms with Gasteiger partial charge in [0.1, 0.15) is 13.6 Å². The third-order valence-electron chi connectivity index (χ3n) is 2.78. The van der Waals surface area contributed by atoms with Crippen LogP contribution >= 0.6 is 0 Å².